The molecule has 0 aliphatic heterocycles. The topological polar surface area (TPSA) is 55.1 Å². The predicted octanol–water partition coefficient (Wildman–Crippen LogP) is 1.77. The number of carboxylic acid groups (broad SMARTS) is 1. The van der Waals surface area contributed by atoms with Crippen LogP contribution in [0.1, 0.15) is 15.9 Å². The second kappa shape index (κ2) is 4.14. The molecule has 84 valence electrons. The monoisotopic (exact) mass is 226 g/mol. The van der Waals surface area contributed by atoms with E-state index in [1.54, 1.807) is 25.2 Å². The first-order valence-electron chi connectivity index (χ1n) is 4.96. The molecule has 1 N–H and O–H groups in total. The van der Waals surface area contributed by atoms with E-state index in [-0.39, 0.29) is 5.56 Å². The second-order valence-corrected chi connectivity index (χ2v) is 3.56. The van der Waals surface area contributed by atoms with E-state index >= 15 is 0 Å². The molecular formula is C13H10N2O2. The molecule has 0 saturated heterocycles. The highest BCUT2D eigenvalue weighted by Crippen LogP contribution is 2.23. The summed E-state index contributed by atoms with van der Waals surface area (Å²) in [6.07, 6.45) is 6.65. The van der Waals surface area contributed by atoms with E-state index in [0.29, 0.717) is 11.3 Å². The zero-order valence-electron chi connectivity index (χ0n) is 9.21. The maximum atomic E-state index is 11.1. The van der Waals surface area contributed by atoms with E-state index in [2.05, 4.69) is 11.0 Å². The van der Waals surface area contributed by atoms with Crippen molar-refractivity contribution in [3.8, 4) is 23.6 Å². The van der Waals surface area contributed by atoms with Gasteiger partial charge in [0, 0.05) is 18.2 Å². The minimum Gasteiger partial charge on any atom is -0.478 e. The van der Waals surface area contributed by atoms with Crippen molar-refractivity contribution in [2.45, 2.75) is 0 Å². The van der Waals surface area contributed by atoms with Gasteiger partial charge in [-0.05, 0) is 12.1 Å². The lowest BCUT2D eigenvalue weighted by molar-refractivity contribution is 0.0697. The first-order chi connectivity index (χ1) is 8.13. The van der Waals surface area contributed by atoms with Gasteiger partial charge < -0.3 is 5.11 Å². The number of aromatic carboxylic acids is 1. The fourth-order valence-corrected chi connectivity index (χ4v) is 1.69. The summed E-state index contributed by atoms with van der Waals surface area (Å²) in [7, 11) is 1.70. The number of carboxylic acids is 1. The fraction of sp³-hybridized carbons (Fsp3) is 0.0769. The average molecular weight is 226 g/mol. The van der Waals surface area contributed by atoms with Crippen LogP contribution >= 0.6 is 0 Å². The summed E-state index contributed by atoms with van der Waals surface area (Å²) in [5.41, 5.74) is 2.18. The first kappa shape index (κ1) is 11.0. The van der Waals surface area contributed by atoms with Crippen LogP contribution < -0.4 is 0 Å². The van der Waals surface area contributed by atoms with Crippen molar-refractivity contribution in [1.29, 1.82) is 0 Å². The third-order valence-electron chi connectivity index (χ3n) is 2.47. The van der Waals surface area contributed by atoms with Crippen LogP contribution in [-0.2, 0) is 7.05 Å². The van der Waals surface area contributed by atoms with E-state index in [1.165, 1.54) is 10.9 Å². The number of hydrogen-bond donors (Lipinski definition) is 1. The summed E-state index contributed by atoms with van der Waals surface area (Å²) >= 11 is 0. The summed E-state index contributed by atoms with van der Waals surface area (Å²) < 4.78 is 1.53. The van der Waals surface area contributed by atoms with E-state index in [4.69, 9.17) is 11.5 Å². The molecular weight excluding hydrogens is 216 g/mol. The van der Waals surface area contributed by atoms with Crippen LogP contribution in [0, 0.1) is 12.3 Å². The molecule has 0 aliphatic rings. The van der Waals surface area contributed by atoms with Crippen molar-refractivity contribution in [3.63, 3.8) is 0 Å². The number of terminal acetylenes is 1. The summed E-state index contributed by atoms with van der Waals surface area (Å²) in [6.45, 7) is 0. The Labute approximate surface area is 98.5 Å². The third kappa shape index (κ3) is 1.91. The van der Waals surface area contributed by atoms with Crippen molar-refractivity contribution < 1.29 is 9.90 Å². The molecule has 2 rings (SSSR count). The molecule has 4 heteroatoms. The van der Waals surface area contributed by atoms with Gasteiger partial charge in [0.1, 0.15) is 5.56 Å². The maximum absolute atomic E-state index is 11.1. The van der Waals surface area contributed by atoms with Crippen LogP contribution in [-0.4, -0.2) is 20.9 Å². The largest absolute Gasteiger partial charge is 0.478 e. The molecule has 1 aromatic carbocycles. The Balaban J connectivity index is 2.64. The zero-order valence-corrected chi connectivity index (χ0v) is 9.21. The van der Waals surface area contributed by atoms with E-state index in [9.17, 15) is 4.79 Å². The van der Waals surface area contributed by atoms with Crippen LogP contribution in [0.2, 0.25) is 0 Å². The highest BCUT2D eigenvalue weighted by atomic mass is 16.4. The molecule has 1 aromatic heterocycles. The number of aromatic nitrogens is 2. The number of benzene rings is 1. The Bertz CT molecular complexity index is 621. The molecule has 0 amide bonds. The fourth-order valence-electron chi connectivity index (χ4n) is 1.69. The molecule has 0 unspecified atom stereocenters. The van der Waals surface area contributed by atoms with Crippen LogP contribution in [0.15, 0.2) is 30.5 Å². The Morgan fingerprint density at radius 3 is 2.94 bits per heavy atom. The van der Waals surface area contributed by atoms with Crippen molar-refractivity contribution in [3.05, 3.63) is 41.6 Å². The van der Waals surface area contributed by atoms with Gasteiger partial charge in [-0.3, -0.25) is 4.68 Å². The van der Waals surface area contributed by atoms with Crippen LogP contribution in [0.25, 0.3) is 11.3 Å². The van der Waals surface area contributed by atoms with Crippen molar-refractivity contribution in [1.82, 2.24) is 9.78 Å². The lowest BCUT2D eigenvalue weighted by Gasteiger charge is -2.04. The normalized spacial score (nSPS) is 9.88. The maximum Gasteiger partial charge on any atom is 0.339 e. The standard InChI is InChI=1S/C13H10N2O2/c1-3-9-5-4-6-10(7-9)12-11(13(16)17)8-14-15(12)2/h1,4-8H,2H3,(H,16,17). The Hall–Kier alpha value is -2.54. The van der Waals surface area contributed by atoms with E-state index in [1.807, 2.05) is 6.07 Å². The number of aryl methyl sites for hydroxylation is 1. The SMILES string of the molecule is C#Cc1cccc(-c2c(C(=O)O)cnn2C)c1. The third-order valence-corrected chi connectivity index (χ3v) is 2.47. The molecule has 0 atom stereocenters. The van der Waals surface area contributed by atoms with Crippen LogP contribution in [0.4, 0.5) is 0 Å². The summed E-state index contributed by atoms with van der Waals surface area (Å²) in [6, 6.07) is 7.16. The van der Waals surface area contributed by atoms with E-state index in [0.717, 1.165) is 5.56 Å². The minimum absolute atomic E-state index is 0.168. The summed E-state index contributed by atoms with van der Waals surface area (Å²) in [4.78, 5) is 11.1. The lowest BCUT2D eigenvalue weighted by Crippen LogP contribution is -2.00. The molecule has 0 saturated carbocycles. The highest BCUT2D eigenvalue weighted by Gasteiger charge is 2.16. The predicted molar refractivity (Wildman–Crippen MR) is 63.5 cm³/mol. The Kier molecular flexibility index (Phi) is 2.67. The van der Waals surface area contributed by atoms with Gasteiger partial charge >= 0.3 is 5.97 Å². The molecule has 17 heavy (non-hydrogen) atoms. The molecule has 0 radical (unpaired) electrons. The summed E-state index contributed by atoms with van der Waals surface area (Å²) in [5.74, 6) is 1.52. The number of nitrogens with zero attached hydrogens (tertiary/aromatic N) is 2. The van der Waals surface area contributed by atoms with Gasteiger partial charge in [-0.2, -0.15) is 5.10 Å². The van der Waals surface area contributed by atoms with Crippen LogP contribution in [0.3, 0.4) is 0 Å². The van der Waals surface area contributed by atoms with Gasteiger partial charge in [0.05, 0.1) is 11.9 Å². The van der Waals surface area contributed by atoms with Crippen molar-refractivity contribution in [2.75, 3.05) is 0 Å². The zero-order chi connectivity index (χ0) is 12.4. The van der Waals surface area contributed by atoms with Crippen molar-refractivity contribution >= 4 is 5.97 Å². The Morgan fingerprint density at radius 2 is 2.29 bits per heavy atom. The molecule has 2 aromatic rings. The van der Waals surface area contributed by atoms with Crippen LogP contribution in [0.5, 0.6) is 0 Å². The number of rotatable bonds is 2. The van der Waals surface area contributed by atoms with Gasteiger partial charge in [-0.1, -0.05) is 18.1 Å². The molecule has 4 nitrogen and oxygen atoms in total. The second-order valence-electron chi connectivity index (χ2n) is 3.56. The van der Waals surface area contributed by atoms with Crippen molar-refractivity contribution in [2.24, 2.45) is 7.05 Å². The number of hydrogen-bond acceptors (Lipinski definition) is 2. The van der Waals surface area contributed by atoms with Gasteiger partial charge in [0.25, 0.3) is 0 Å². The smallest absolute Gasteiger partial charge is 0.339 e. The average Bonchev–Trinajstić information content (AvgIpc) is 2.71. The molecule has 0 fully saturated rings. The number of carbonyl (C=O) groups is 1. The summed E-state index contributed by atoms with van der Waals surface area (Å²) in [5, 5.41) is 13.0. The van der Waals surface area contributed by atoms with E-state index < -0.39 is 5.97 Å². The quantitative estimate of drug-likeness (QED) is 0.794. The first-order valence-corrected chi connectivity index (χ1v) is 4.96. The van der Waals surface area contributed by atoms with Gasteiger partial charge in [0.15, 0.2) is 0 Å². The Morgan fingerprint density at radius 1 is 1.53 bits per heavy atom. The molecule has 1 heterocycles. The minimum atomic E-state index is -1.00. The molecule has 0 aliphatic carbocycles. The highest BCUT2D eigenvalue weighted by molar-refractivity contribution is 5.94. The van der Waals surface area contributed by atoms with Gasteiger partial charge in [-0.15, -0.1) is 6.42 Å². The lowest BCUT2D eigenvalue weighted by atomic mass is 10.1. The van der Waals surface area contributed by atoms with Gasteiger partial charge in [0.2, 0.25) is 0 Å². The molecule has 0 spiro atoms. The van der Waals surface area contributed by atoms with Gasteiger partial charge in [-0.25, -0.2) is 4.79 Å². The molecule has 0 bridgehead atoms.